The Hall–Kier alpha value is -1.33. The predicted octanol–water partition coefficient (Wildman–Crippen LogP) is 3.81. The molecule has 0 fully saturated rings. The Balaban J connectivity index is 2.37. The van der Waals surface area contributed by atoms with Gasteiger partial charge in [0, 0.05) is 21.4 Å². The highest BCUT2D eigenvalue weighted by Crippen LogP contribution is 2.27. The molecule has 21 heavy (non-hydrogen) atoms. The van der Waals surface area contributed by atoms with Gasteiger partial charge in [0.1, 0.15) is 5.82 Å². The van der Waals surface area contributed by atoms with E-state index < -0.39 is 0 Å². The highest BCUT2D eigenvalue weighted by Gasteiger charge is 2.12. The fourth-order valence-corrected chi connectivity index (χ4v) is 2.70. The van der Waals surface area contributed by atoms with E-state index in [2.05, 4.69) is 38.1 Å². The molecular formula is C16H19BrFN3. The van der Waals surface area contributed by atoms with Crippen LogP contribution in [0.5, 0.6) is 0 Å². The first-order valence-electron chi connectivity index (χ1n) is 7.03. The summed E-state index contributed by atoms with van der Waals surface area (Å²) in [5.41, 5.74) is 3.74. The van der Waals surface area contributed by atoms with Crippen LogP contribution in [0.15, 0.2) is 22.7 Å². The lowest BCUT2D eigenvalue weighted by Gasteiger charge is -2.12. The van der Waals surface area contributed by atoms with Gasteiger partial charge in [-0.1, -0.05) is 22.9 Å². The van der Waals surface area contributed by atoms with Gasteiger partial charge in [-0.05, 0) is 57.1 Å². The Labute approximate surface area is 133 Å². The first-order chi connectivity index (χ1) is 10.0. The van der Waals surface area contributed by atoms with Gasteiger partial charge in [0.05, 0.1) is 0 Å². The molecule has 0 aliphatic carbocycles. The Morgan fingerprint density at radius 3 is 2.48 bits per heavy atom. The first kappa shape index (κ1) is 16.0. The molecule has 1 heterocycles. The molecule has 1 N–H and O–H groups in total. The zero-order chi connectivity index (χ0) is 15.4. The fraction of sp³-hybridized carbons (Fsp3) is 0.375. The Morgan fingerprint density at radius 1 is 1.19 bits per heavy atom. The molecule has 1 aromatic carbocycles. The summed E-state index contributed by atoms with van der Waals surface area (Å²) in [7, 11) is 0. The molecule has 5 heteroatoms. The molecule has 2 aromatic rings. The number of aromatic nitrogens is 2. The summed E-state index contributed by atoms with van der Waals surface area (Å²) < 4.78 is 14.2. The second kappa shape index (κ2) is 7.09. The van der Waals surface area contributed by atoms with Crippen molar-refractivity contribution in [3.63, 3.8) is 0 Å². The third-order valence-electron chi connectivity index (χ3n) is 3.39. The number of hydrogen-bond donors (Lipinski definition) is 1. The molecule has 0 bridgehead atoms. The maximum Gasteiger partial charge on any atom is 0.160 e. The number of benzene rings is 1. The summed E-state index contributed by atoms with van der Waals surface area (Å²) in [6, 6.07) is 4.55. The van der Waals surface area contributed by atoms with E-state index in [1.54, 1.807) is 6.07 Å². The average Bonchev–Trinajstić information content (AvgIpc) is 2.44. The second-order valence-corrected chi connectivity index (χ2v) is 5.78. The lowest BCUT2D eigenvalue weighted by Crippen LogP contribution is -2.17. The van der Waals surface area contributed by atoms with E-state index in [4.69, 9.17) is 0 Å². The number of halogens is 2. The van der Waals surface area contributed by atoms with Gasteiger partial charge in [0.25, 0.3) is 0 Å². The van der Waals surface area contributed by atoms with Crippen molar-refractivity contribution in [3.8, 4) is 11.4 Å². The Bertz CT molecular complexity index is 620. The van der Waals surface area contributed by atoms with Crippen molar-refractivity contribution in [2.75, 3.05) is 13.1 Å². The van der Waals surface area contributed by atoms with E-state index >= 15 is 0 Å². The predicted molar refractivity (Wildman–Crippen MR) is 86.8 cm³/mol. The molecule has 0 spiro atoms. The summed E-state index contributed by atoms with van der Waals surface area (Å²) in [6.45, 7) is 7.90. The third kappa shape index (κ3) is 3.86. The minimum atomic E-state index is -0.289. The van der Waals surface area contributed by atoms with Crippen LogP contribution in [0.3, 0.4) is 0 Å². The van der Waals surface area contributed by atoms with Crippen LogP contribution >= 0.6 is 15.9 Å². The largest absolute Gasteiger partial charge is 0.317 e. The minimum absolute atomic E-state index is 0.289. The molecule has 0 aliphatic rings. The maximum atomic E-state index is 13.4. The van der Waals surface area contributed by atoms with Gasteiger partial charge in [0.15, 0.2) is 5.82 Å². The number of nitrogens with one attached hydrogen (secondary N) is 1. The molecular weight excluding hydrogens is 333 g/mol. The van der Waals surface area contributed by atoms with Crippen molar-refractivity contribution in [3.05, 3.63) is 45.4 Å². The van der Waals surface area contributed by atoms with Crippen LogP contribution in [0.1, 0.15) is 23.9 Å². The van der Waals surface area contributed by atoms with E-state index in [1.165, 1.54) is 12.1 Å². The van der Waals surface area contributed by atoms with Gasteiger partial charge in [-0.15, -0.1) is 0 Å². The van der Waals surface area contributed by atoms with E-state index in [0.29, 0.717) is 11.4 Å². The highest BCUT2D eigenvalue weighted by atomic mass is 79.9. The van der Waals surface area contributed by atoms with Gasteiger partial charge in [-0.3, -0.25) is 0 Å². The standard InChI is InChI=1S/C16H19BrFN3/c1-4-19-8-7-13-10(2)20-16(21-11(13)3)14-9-12(18)5-6-15(14)17/h5-6,9,19H,4,7-8H2,1-3H3. The SMILES string of the molecule is CCNCCc1c(C)nc(-c2cc(F)ccc2Br)nc1C. The van der Waals surface area contributed by atoms with Crippen LogP contribution in [0, 0.1) is 19.7 Å². The van der Waals surface area contributed by atoms with Crippen LogP contribution in [0.25, 0.3) is 11.4 Å². The van der Waals surface area contributed by atoms with Crippen LogP contribution in [0.2, 0.25) is 0 Å². The summed E-state index contributed by atoms with van der Waals surface area (Å²) >= 11 is 3.43. The first-order valence-corrected chi connectivity index (χ1v) is 7.82. The number of hydrogen-bond acceptors (Lipinski definition) is 3. The van der Waals surface area contributed by atoms with Gasteiger partial charge in [0.2, 0.25) is 0 Å². The number of rotatable bonds is 5. The van der Waals surface area contributed by atoms with E-state index in [-0.39, 0.29) is 5.82 Å². The van der Waals surface area contributed by atoms with E-state index in [0.717, 1.165) is 40.9 Å². The summed E-state index contributed by atoms with van der Waals surface area (Å²) in [5.74, 6) is 0.270. The zero-order valence-electron chi connectivity index (χ0n) is 12.5. The number of aryl methyl sites for hydroxylation is 2. The van der Waals surface area contributed by atoms with Gasteiger partial charge < -0.3 is 5.32 Å². The third-order valence-corrected chi connectivity index (χ3v) is 4.08. The second-order valence-electron chi connectivity index (χ2n) is 4.92. The minimum Gasteiger partial charge on any atom is -0.317 e. The monoisotopic (exact) mass is 351 g/mol. The molecule has 1 aromatic heterocycles. The molecule has 0 saturated heterocycles. The quantitative estimate of drug-likeness (QED) is 0.832. The van der Waals surface area contributed by atoms with Crippen LogP contribution in [-0.2, 0) is 6.42 Å². The van der Waals surface area contributed by atoms with Crippen molar-refractivity contribution in [2.24, 2.45) is 0 Å². The zero-order valence-corrected chi connectivity index (χ0v) is 14.1. The lowest BCUT2D eigenvalue weighted by molar-refractivity contribution is 0.628. The van der Waals surface area contributed by atoms with Crippen molar-refractivity contribution < 1.29 is 4.39 Å². The Morgan fingerprint density at radius 2 is 1.86 bits per heavy atom. The molecule has 112 valence electrons. The molecule has 2 rings (SSSR count). The van der Waals surface area contributed by atoms with Crippen molar-refractivity contribution in [1.82, 2.24) is 15.3 Å². The molecule has 3 nitrogen and oxygen atoms in total. The topological polar surface area (TPSA) is 37.8 Å². The van der Waals surface area contributed by atoms with Crippen LogP contribution in [-0.4, -0.2) is 23.1 Å². The van der Waals surface area contributed by atoms with Gasteiger partial charge in [-0.2, -0.15) is 0 Å². The van der Waals surface area contributed by atoms with Gasteiger partial charge in [-0.25, -0.2) is 14.4 Å². The van der Waals surface area contributed by atoms with Gasteiger partial charge >= 0.3 is 0 Å². The summed E-state index contributed by atoms with van der Waals surface area (Å²) in [4.78, 5) is 9.10. The highest BCUT2D eigenvalue weighted by molar-refractivity contribution is 9.10. The van der Waals surface area contributed by atoms with Crippen molar-refractivity contribution in [2.45, 2.75) is 27.2 Å². The fourth-order valence-electron chi connectivity index (χ4n) is 2.28. The summed E-state index contributed by atoms with van der Waals surface area (Å²) in [6.07, 6.45) is 0.899. The number of likely N-dealkylation sites (N-methyl/N-ethyl adjacent to an activating group) is 1. The normalized spacial score (nSPS) is 10.9. The molecule has 0 radical (unpaired) electrons. The van der Waals surface area contributed by atoms with E-state index in [1.807, 2.05) is 13.8 Å². The Kier molecular flexibility index (Phi) is 5.42. The van der Waals surface area contributed by atoms with Crippen molar-refractivity contribution in [1.29, 1.82) is 0 Å². The van der Waals surface area contributed by atoms with Crippen molar-refractivity contribution >= 4 is 15.9 Å². The lowest BCUT2D eigenvalue weighted by atomic mass is 10.1. The molecule has 0 saturated carbocycles. The molecule has 0 atom stereocenters. The van der Waals surface area contributed by atoms with E-state index in [9.17, 15) is 4.39 Å². The van der Waals surface area contributed by atoms with Crippen LogP contribution in [0.4, 0.5) is 4.39 Å². The molecule has 0 aliphatic heterocycles. The van der Waals surface area contributed by atoms with Crippen LogP contribution < -0.4 is 5.32 Å². The maximum absolute atomic E-state index is 13.4. The summed E-state index contributed by atoms with van der Waals surface area (Å²) in [5, 5.41) is 3.30. The average molecular weight is 352 g/mol. The smallest absolute Gasteiger partial charge is 0.160 e. The molecule has 0 amide bonds. The number of nitrogens with zero attached hydrogens (tertiary/aromatic N) is 2. The molecule has 0 unspecified atom stereocenters.